The van der Waals surface area contributed by atoms with Gasteiger partial charge in [0.15, 0.2) is 12.4 Å². The van der Waals surface area contributed by atoms with Crippen LogP contribution in [0.4, 0.5) is 4.79 Å². The predicted octanol–water partition coefficient (Wildman–Crippen LogP) is 3.08. The number of nitrogens with one attached hydrogen (secondary N) is 1. The van der Waals surface area contributed by atoms with Gasteiger partial charge in [-0.15, -0.1) is 0 Å². The maximum Gasteiger partial charge on any atom is 0.407 e. The molecular weight excluding hydrogens is 372 g/mol. The van der Waals surface area contributed by atoms with Gasteiger partial charge >= 0.3 is 6.09 Å². The number of ether oxygens (including phenoxy) is 2. The molecule has 1 saturated heterocycles. The molecule has 0 aliphatic carbocycles. The number of carbonyl (C=O) groups excluding carboxylic acids is 3. The first kappa shape index (κ1) is 22.5. The Labute approximate surface area is 172 Å². The Hall–Kier alpha value is -2.83. The van der Waals surface area contributed by atoms with Crippen LogP contribution in [0.25, 0.3) is 0 Å². The molecular formula is C22H30N2O5. The first-order valence-corrected chi connectivity index (χ1v) is 9.81. The largest absolute Gasteiger partial charge is 0.488 e. The summed E-state index contributed by atoms with van der Waals surface area (Å²) in [6.07, 6.45) is 0.853. The van der Waals surface area contributed by atoms with E-state index in [4.69, 9.17) is 4.74 Å². The fraction of sp³-hybridized carbons (Fsp3) is 0.500. The lowest BCUT2D eigenvalue weighted by atomic mass is 10.0. The molecule has 158 valence electrons. The van der Waals surface area contributed by atoms with Gasteiger partial charge in [-0.1, -0.05) is 50.3 Å². The van der Waals surface area contributed by atoms with E-state index in [9.17, 15) is 14.4 Å². The molecule has 0 radical (unpaired) electrons. The minimum atomic E-state index is -0.704. The number of rotatable bonds is 8. The number of hydrogen-bond donors (Lipinski definition) is 1. The normalized spacial score (nSPS) is 17.0. The molecule has 1 aliphatic rings. The highest BCUT2D eigenvalue weighted by Gasteiger charge is 2.37. The van der Waals surface area contributed by atoms with E-state index >= 15 is 0 Å². The van der Waals surface area contributed by atoms with Crippen molar-refractivity contribution in [2.24, 2.45) is 5.92 Å². The third kappa shape index (κ3) is 5.82. The van der Waals surface area contributed by atoms with Crippen LogP contribution in [0.1, 0.15) is 42.6 Å². The molecule has 2 atom stereocenters. The number of hydrogen-bond acceptors (Lipinski definition) is 5. The lowest BCUT2D eigenvalue weighted by Crippen LogP contribution is -2.52. The summed E-state index contributed by atoms with van der Waals surface area (Å²) in [7, 11) is 1.26. The van der Waals surface area contributed by atoms with Crippen LogP contribution < -0.4 is 5.32 Å². The zero-order chi connectivity index (χ0) is 21.6. The molecule has 1 N–H and O–H groups in total. The molecule has 1 aromatic carbocycles. The molecule has 0 spiro atoms. The van der Waals surface area contributed by atoms with Crippen molar-refractivity contribution in [1.82, 2.24) is 10.2 Å². The van der Waals surface area contributed by atoms with E-state index in [2.05, 4.69) is 16.6 Å². The van der Waals surface area contributed by atoms with Crippen LogP contribution in [0, 0.1) is 12.8 Å². The van der Waals surface area contributed by atoms with E-state index in [1.54, 1.807) is 17.0 Å². The Balaban J connectivity index is 2.00. The van der Waals surface area contributed by atoms with E-state index in [1.807, 2.05) is 32.9 Å². The molecule has 1 heterocycles. The van der Waals surface area contributed by atoms with Crippen LogP contribution in [0.3, 0.4) is 0 Å². The number of aryl methyl sites for hydroxylation is 1. The predicted molar refractivity (Wildman–Crippen MR) is 110 cm³/mol. The Morgan fingerprint density at radius 2 is 1.90 bits per heavy atom. The summed E-state index contributed by atoms with van der Waals surface area (Å²) >= 11 is 0. The van der Waals surface area contributed by atoms with Crippen molar-refractivity contribution in [3.05, 3.63) is 47.7 Å². The lowest BCUT2D eigenvalue weighted by Gasteiger charge is -2.31. The fourth-order valence-corrected chi connectivity index (χ4v) is 3.32. The lowest BCUT2D eigenvalue weighted by molar-refractivity contribution is -0.135. The van der Waals surface area contributed by atoms with Crippen molar-refractivity contribution in [2.45, 2.75) is 45.7 Å². The monoisotopic (exact) mass is 402 g/mol. The first-order chi connectivity index (χ1) is 13.7. The number of nitrogens with zero attached hydrogens (tertiary/aromatic N) is 1. The van der Waals surface area contributed by atoms with Gasteiger partial charge in [-0.3, -0.25) is 9.59 Å². The van der Waals surface area contributed by atoms with Crippen LogP contribution in [-0.4, -0.2) is 55.0 Å². The summed E-state index contributed by atoms with van der Waals surface area (Å²) in [6, 6.07) is 6.25. The molecule has 2 amide bonds. The SMILES string of the molecule is C=C(OCC(=O)c1ccc(C)cc1)[C@@H]1CCCN1C(=O)[C@@H](NC(=O)OC)C(C)C. The third-order valence-electron chi connectivity index (χ3n) is 5.06. The van der Waals surface area contributed by atoms with Crippen molar-refractivity contribution in [2.75, 3.05) is 20.3 Å². The molecule has 29 heavy (non-hydrogen) atoms. The number of methoxy groups -OCH3 is 1. The molecule has 1 fully saturated rings. The fourth-order valence-electron chi connectivity index (χ4n) is 3.32. The highest BCUT2D eigenvalue weighted by Crippen LogP contribution is 2.25. The molecule has 0 unspecified atom stereocenters. The minimum Gasteiger partial charge on any atom is -0.488 e. The van der Waals surface area contributed by atoms with E-state index in [0.717, 1.165) is 12.0 Å². The van der Waals surface area contributed by atoms with Gasteiger partial charge in [0, 0.05) is 12.1 Å². The van der Waals surface area contributed by atoms with Crippen LogP contribution >= 0.6 is 0 Å². The second-order valence-corrected chi connectivity index (χ2v) is 7.59. The third-order valence-corrected chi connectivity index (χ3v) is 5.06. The van der Waals surface area contributed by atoms with Crippen LogP contribution in [-0.2, 0) is 14.3 Å². The van der Waals surface area contributed by atoms with E-state index in [0.29, 0.717) is 24.3 Å². The molecule has 1 aliphatic heterocycles. The number of benzene rings is 1. The molecule has 7 nitrogen and oxygen atoms in total. The van der Waals surface area contributed by atoms with E-state index in [1.165, 1.54) is 7.11 Å². The molecule has 0 aromatic heterocycles. The maximum atomic E-state index is 13.0. The van der Waals surface area contributed by atoms with Gasteiger partial charge < -0.3 is 19.7 Å². The number of carbonyl (C=O) groups is 3. The smallest absolute Gasteiger partial charge is 0.407 e. The van der Waals surface area contributed by atoms with Crippen molar-refractivity contribution in [3.63, 3.8) is 0 Å². The molecule has 0 bridgehead atoms. The zero-order valence-corrected chi connectivity index (χ0v) is 17.6. The Bertz CT molecular complexity index is 757. The molecule has 0 saturated carbocycles. The maximum absolute atomic E-state index is 13.0. The number of Topliss-reactive ketones (excluding diaryl/α,β-unsaturated/α-hetero) is 1. The highest BCUT2D eigenvalue weighted by molar-refractivity contribution is 5.97. The number of alkyl carbamates (subject to hydrolysis) is 1. The van der Waals surface area contributed by atoms with Gasteiger partial charge in [0.2, 0.25) is 5.91 Å². The Morgan fingerprint density at radius 1 is 1.24 bits per heavy atom. The topological polar surface area (TPSA) is 84.9 Å². The van der Waals surface area contributed by atoms with Gasteiger partial charge in [0.1, 0.15) is 11.8 Å². The van der Waals surface area contributed by atoms with Crippen LogP contribution in [0.15, 0.2) is 36.6 Å². The second kappa shape index (κ2) is 10.1. The molecule has 1 aromatic rings. The molecule has 2 rings (SSSR count). The summed E-state index contributed by atoms with van der Waals surface area (Å²) in [5.74, 6) is -0.0750. The van der Waals surface area contributed by atoms with Crippen molar-refractivity contribution >= 4 is 17.8 Å². The summed E-state index contributed by atoms with van der Waals surface area (Å²) < 4.78 is 10.3. The summed E-state index contributed by atoms with van der Waals surface area (Å²) in [4.78, 5) is 38.6. The van der Waals surface area contributed by atoms with Gasteiger partial charge in [0.25, 0.3) is 0 Å². The van der Waals surface area contributed by atoms with Gasteiger partial charge in [-0.25, -0.2) is 4.79 Å². The van der Waals surface area contributed by atoms with Crippen molar-refractivity contribution < 1.29 is 23.9 Å². The van der Waals surface area contributed by atoms with E-state index < -0.39 is 12.1 Å². The average Bonchev–Trinajstić information content (AvgIpc) is 3.19. The number of amides is 2. The summed E-state index contributed by atoms with van der Waals surface area (Å²) in [5, 5.41) is 2.60. The van der Waals surface area contributed by atoms with E-state index in [-0.39, 0.29) is 30.3 Å². The standard InChI is InChI=1S/C22H30N2O5/c1-14(2)20(23-22(27)28-5)21(26)24-12-6-7-18(24)16(4)29-13-19(25)17-10-8-15(3)9-11-17/h8-11,14,18,20H,4,6-7,12-13H2,1-3,5H3,(H,23,27)/t18-,20-/m0/s1. The first-order valence-electron chi connectivity index (χ1n) is 9.81. The average molecular weight is 402 g/mol. The highest BCUT2D eigenvalue weighted by atomic mass is 16.5. The Kier molecular flexibility index (Phi) is 7.82. The van der Waals surface area contributed by atoms with Crippen molar-refractivity contribution in [1.29, 1.82) is 0 Å². The van der Waals surface area contributed by atoms with Gasteiger partial charge in [0.05, 0.1) is 13.2 Å². The number of likely N-dealkylation sites (tertiary alicyclic amines) is 1. The molecule has 7 heteroatoms. The van der Waals surface area contributed by atoms with Crippen LogP contribution in [0.5, 0.6) is 0 Å². The summed E-state index contributed by atoms with van der Waals surface area (Å²) in [6.45, 7) is 10.0. The second-order valence-electron chi connectivity index (χ2n) is 7.59. The summed E-state index contributed by atoms with van der Waals surface area (Å²) in [5.41, 5.74) is 1.65. The minimum absolute atomic E-state index is 0.111. The Morgan fingerprint density at radius 3 is 2.48 bits per heavy atom. The van der Waals surface area contributed by atoms with Crippen LogP contribution in [0.2, 0.25) is 0 Å². The van der Waals surface area contributed by atoms with Gasteiger partial charge in [-0.05, 0) is 25.7 Å². The van der Waals surface area contributed by atoms with Crippen molar-refractivity contribution in [3.8, 4) is 0 Å². The quantitative estimate of drug-likeness (QED) is 0.534. The number of ketones is 1. The zero-order valence-electron chi connectivity index (χ0n) is 17.6. The van der Waals surface area contributed by atoms with Gasteiger partial charge in [-0.2, -0.15) is 0 Å².